The molecule has 1 aliphatic rings. The van der Waals surface area contributed by atoms with Gasteiger partial charge in [-0.05, 0) is 26.0 Å². The van der Waals surface area contributed by atoms with E-state index >= 15 is 0 Å². The molecule has 136 valence electrons. The minimum atomic E-state index is -3.96. The summed E-state index contributed by atoms with van der Waals surface area (Å²) in [6.07, 6.45) is 0. The maximum atomic E-state index is 11.8. The molecule has 1 aliphatic heterocycles. The number of primary sulfonamides is 1. The molecule has 1 unspecified atom stereocenters. The minimum absolute atomic E-state index is 0. The highest BCUT2D eigenvalue weighted by atomic mass is 35.5. The van der Waals surface area contributed by atoms with Crippen LogP contribution in [0.2, 0.25) is 0 Å². The summed E-state index contributed by atoms with van der Waals surface area (Å²) < 4.78 is 28.6. The maximum absolute atomic E-state index is 11.8. The van der Waals surface area contributed by atoms with Gasteiger partial charge in [-0.2, -0.15) is 0 Å². The van der Waals surface area contributed by atoms with Crippen LogP contribution in [0.1, 0.15) is 19.4 Å². The molecule has 0 aromatic heterocycles. The number of amidine groups is 1. The van der Waals surface area contributed by atoms with E-state index in [4.69, 9.17) is 9.88 Å². The number of rotatable bonds is 5. The SMILES string of the molecule is CCN=C1SCC(O)(c2ccc(OC)c(S(N)(=O)=O)c2)N1CC.Cl. The van der Waals surface area contributed by atoms with Gasteiger partial charge in [-0.1, -0.05) is 17.8 Å². The molecule has 1 saturated heterocycles. The smallest absolute Gasteiger partial charge is 0.241 e. The highest BCUT2D eigenvalue weighted by Crippen LogP contribution is 2.40. The fourth-order valence-corrected chi connectivity index (χ4v) is 4.56. The van der Waals surface area contributed by atoms with Gasteiger partial charge in [0.2, 0.25) is 10.0 Å². The molecule has 1 heterocycles. The standard InChI is InChI=1S/C14H21N3O4S2.ClH/c1-4-16-13-17(5-2)14(18,9-22-13)10-6-7-11(21-3)12(8-10)23(15,19)20;/h6-8,18H,4-5,9H2,1-3H3,(H2,15,19,20);1H. The number of aliphatic hydroxyl groups is 1. The quantitative estimate of drug-likeness (QED) is 0.779. The summed E-state index contributed by atoms with van der Waals surface area (Å²) in [6, 6.07) is 4.51. The zero-order valence-electron chi connectivity index (χ0n) is 13.7. The van der Waals surface area contributed by atoms with Crippen LogP contribution in [0.5, 0.6) is 5.75 Å². The number of sulfonamides is 1. The van der Waals surface area contributed by atoms with Gasteiger partial charge in [0, 0.05) is 18.7 Å². The van der Waals surface area contributed by atoms with Crippen molar-refractivity contribution in [1.82, 2.24) is 4.90 Å². The molecule has 0 aliphatic carbocycles. The number of methoxy groups -OCH3 is 1. The first kappa shape index (κ1) is 21.0. The second-order valence-electron chi connectivity index (χ2n) is 5.02. The lowest BCUT2D eigenvalue weighted by molar-refractivity contribution is -0.0455. The molecule has 1 aromatic carbocycles. The molecule has 7 nitrogen and oxygen atoms in total. The van der Waals surface area contributed by atoms with Gasteiger partial charge in [0.05, 0.1) is 12.9 Å². The monoisotopic (exact) mass is 395 g/mol. The lowest BCUT2D eigenvalue weighted by Crippen LogP contribution is -2.45. The van der Waals surface area contributed by atoms with E-state index in [0.29, 0.717) is 24.4 Å². The molecule has 0 bridgehead atoms. The molecule has 1 atom stereocenters. The fraction of sp³-hybridized carbons (Fsp3) is 0.500. The number of ether oxygens (including phenoxy) is 1. The molecule has 2 rings (SSSR count). The zero-order valence-corrected chi connectivity index (χ0v) is 16.2. The summed E-state index contributed by atoms with van der Waals surface area (Å²) >= 11 is 1.44. The molecule has 0 amide bonds. The van der Waals surface area contributed by atoms with E-state index in [1.165, 1.54) is 31.0 Å². The second-order valence-corrected chi connectivity index (χ2v) is 7.49. The lowest BCUT2D eigenvalue weighted by Gasteiger charge is -2.34. The number of hydrogen-bond acceptors (Lipinski definition) is 6. The molecule has 1 aromatic rings. The van der Waals surface area contributed by atoms with Crippen molar-refractivity contribution < 1.29 is 18.3 Å². The van der Waals surface area contributed by atoms with Crippen molar-refractivity contribution in [3.8, 4) is 5.75 Å². The van der Waals surface area contributed by atoms with Crippen molar-refractivity contribution in [1.29, 1.82) is 0 Å². The number of benzene rings is 1. The normalized spacial score (nSPS) is 22.5. The molecule has 0 radical (unpaired) electrons. The molecule has 10 heteroatoms. The van der Waals surface area contributed by atoms with E-state index in [-0.39, 0.29) is 23.1 Å². The highest BCUT2D eigenvalue weighted by molar-refractivity contribution is 8.14. The topological polar surface area (TPSA) is 105 Å². The third-order valence-electron chi connectivity index (χ3n) is 3.62. The van der Waals surface area contributed by atoms with Gasteiger partial charge < -0.3 is 14.7 Å². The van der Waals surface area contributed by atoms with E-state index < -0.39 is 15.7 Å². The first-order chi connectivity index (χ1) is 10.8. The number of nitrogens with two attached hydrogens (primary N) is 1. The van der Waals surface area contributed by atoms with Crippen LogP contribution in [-0.2, 0) is 15.7 Å². The van der Waals surface area contributed by atoms with Crippen LogP contribution < -0.4 is 9.88 Å². The van der Waals surface area contributed by atoms with Gasteiger partial charge in [0.1, 0.15) is 10.6 Å². The van der Waals surface area contributed by atoms with Crippen LogP contribution in [0.4, 0.5) is 0 Å². The molecular weight excluding hydrogens is 374 g/mol. The van der Waals surface area contributed by atoms with E-state index in [1.807, 2.05) is 13.8 Å². The van der Waals surface area contributed by atoms with Gasteiger partial charge in [-0.3, -0.25) is 4.99 Å². The largest absolute Gasteiger partial charge is 0.495 e. The Morgan fingerprint density at radius 2 is 2.12 bits per heavy atom. The van der Waals surface area contributed by atoms with Crippen LogP contribution >= 0.6 is 24.2 Å². The Bertz CT molecular complexity index is 727. The molecule has 0 saturated carbocycles. The van der Waals surface area contributed by atoms with Crippen LogP contribution in [-0.4, -0.2) is 49.5 Å². The summed E-state index contributed by atoms with van der Waals surface area (Å²) in [6.45, 7) is 4.98. The van der Waals surface area contributed by atoms with E-state index in [9.17, 15) is 13.5 Å². The average molecular weight is 396 g/mol. The molecule has 24 heavy (non-hydrogen) atoms. The number of thioether (sulfide) groups is 1. The minimum Gasteiger partial charge on any atom is -0.495 e. The third kappa shape index (κ3) is 3.80. The Labute approximate surface area is 152 Å². The predicted molar refractivity (Wildman–Crippen MR) is 98.3 cm³/mol. The third-order valence-corrected chi connectivity index (χ3v) is 5.71. The van der Waals surface area contributed by atoms with Crippen LogP contribution in [0, 0.1) is 0 Å². The summed E-state index contributed by atoms with van der Waals surface area (Å²) in [5, 5.41) is 17.1. The van der Waals surface area contributed by atoms with Gasteiger partial charge in [0.25, 0.3) is 0 Å². The number of nitrogens with zero attached hydrogens (tertiary/aromatic N) is 2. The second kappa shape index (κ2) is 7.92. The maximum Gasteiger partial charge on any atom is 0.241 e. The summed E-state index contributed by atoms with van der Waals surface area (Å²) in [7, 11) is -2.59. The van der Waals surface area contributed by atoms with Crippen LogP contribution in [0.3, 0.4) is 0 Å². The molecular formula is C14H22ClN3O4S2. The van der Waals surface area contributed by atoms with Crippen molar-refractivity contribution in [2.45, 2.75) is 24.5 Å². The number of halogens is 1. The fourth-order valence-electron chi connectivity index (χ4n) is 2.53. The Morgan fingerprint density at radius 3 is 2.62 bits per heavy atom. The Hall–Kier alpha value is -1.000. The number of aliphatic imine (C=N–C) groups is 1. The Balaban J connectivity index is 0.00000288. The predicted octanol–water partition coefficient (Wildman–Crippen LogP) is 1.35. The molecule has 0 spiro atoms. The average Bonchev–Trinajstić information content (AvgIpc) is 2.83. The van der Waals surface area contributed by atoms with Crippen molar-refractivity contribution >= 4 is 39.4 Å². The lowest BCUT2D eigenvalue weighted by atomic mass is 10.0. The van der Waals surface area contributed by atoms with E-state index in [1.54, 1.807) is 11.0 Å². The number of hydrogen-bond donors (Lipinski definition) is 2. The summed E-state index contributed by atoms with van der Waals surface area (Å²) in [5.74, 6) is 0.506. The van der Waals surface area contributed by atoms with Crippen molar-refractivity contribution in [3.63, 3.8) is 0 Å². The van der Waals surface area contributed by atoms with Crippen LogP contribution in [0.15, 0.2) is 28.1 Å². The summed E-state index contributed by atoms with van der Waals surface area (Å²) in [5.41, 5.74) is -0.892. The Morgan fingerprint density at radius 1 is 1.46 bits per heavy atom. The Kier molecular flexibility index (Phi) is 6.94. The van der Waals surface area contributed by atoms with Gasteiger partial charge in [-0.15, -0.1) is 12.4 Å². The van der Waals surface area contributed by atoms with Gasteiger partial charge >= 0.3 is 0 Å². The molecule has 1 fully saturated rings. The zero-order chi connectivity index (χ0) is 17.3. The molecule has 3 N–H and O–H groups in total. The first-order valence-electron chi connectivity index (χ1n) is 7.16. The highest BCUT2D eigenvalue weighted by Gasteiger charge is 2.44. The van der Waals surface area contributed by atoms with Gasteiger partial charge in [-0.25, -0.2) is 13.6 Å². The summed E-state index contributed by atoms with van der Waals surface area (Å²) in [4.78, 5) is 5.99. The van der Waals surface area contributed by atoms with Crippen molar-refractivity contribution in [2.24, 2.45) is 10.1 Å². The van der Waals surface area contributed by atoms with Crippen LogP contribution in [0.25, 0.3) is 0 Å². The van der Waals surface area contributed by atoms with Crippen molar-refractivity contribution in [3.05, 3.63) is 23.8 Å². The first-order valence-corrected chi connectivity index (χ1v) is 9.69. The van der Waals surface area contributed by atoms with Crippen molar-refractivity contribution in [2.75, 3.05) is 26.0 Å². The van der Waals surface area contributed by atoms with E-state index in [0.717, 1.165) is 5.17 Å². The van der Waals surface area contributed by atoms with Gasteiger partial charge in [0.15, 0.2) is 10.9 Å². The van der Waals surface area contributed by atoms with E-state index in [2.05, 4.69) is 4.99 Å².